The number of nitrogens with two attached hydrogens (primary N) is 1. The monoisotopic (exact) mass is 903 g/mol. The van der Waals surface area contributed by atoms with E-state index in [0.717, 1.165) is 11.1 Å². The molecule has 21 heteroatoms. The molecule has 0 aliphatic carbocycles. The van der Waals surface area contributed by atoms with E-state index in [1.165, 1.54) is 26.8 Å². The molecule has 3 heterocycles. The number of phenolic OH excluding ortho intramolecular Hbond substituents is 1. The van der Waals surface area contributed by atoms with Crippen molar-refractivity contribution in [1.82, 2.24) is 30.7 Å². The summed E-state index contributed by atoms with van der Waals surface area (Å²) in [7, 11) is 0. The Balaban J connectivity index is 0.00000118. The van der Waals surface area contributed by atoms with Crippen LogP contribution in [-0.2, 0) is 51.2 Å². The van der Waals surface area contributed by atoms with E-state index in [9.17, 15) is 56.9 Å². The summed E-state index contributed by atoms with van der Waals surface area (Å²) in [6, 6.07) is 9.81. The van der Waals surface area contributed by atoms with Gasteiger partial charge < -0.3 is 51.7 Å². The molecule has 0 radical (unpaired) electrons. The summed E-state index contributed by atoms with van der Waals surface area (Å²) in [5.74, 6) is -7.10. The number of hydrogen-bond donors (Lipinski definition) is 7. The zero-order valence-corrected chi connectivity index (χ0v) is 35.6. The lowest BCUT2D eigenvalue weighted by Gasteiger charge is -2.31. The number of carbonyl (C=O) groups is 8. The Morgan fingerprint density at radius 2 is 1.20 bits per heavy atom. The van der Waals surface area contributed by atoms with Crippen LogP contribution >= 0.6 is 0 Å². The number of halogens is 3. The number of nitrogens with zero attached hydrogens (tertiary/aromatic N) is 3. The van der Waals surface area contributed by atoms with E-state index in [1.807, 2.05) is 37.3 Å². The first-order valence-corrected chi connectivity index (χ1v) is 21.1. The number of rotatable bonds is 16. The van der Waals surface area contributed by atoms with Crippen LogP contribution in [0.4, 0.5) is 13.2 Å². The number of likely N-dealkylation sites (tertiary alicyclic amines) is 3. The van der Waals surface area contributed by atoms with Crippen LogP contribution in [0.5, 0.6) is 5.75 Å². The summed E-state index contributed by atoms with van der Waals surface area (Å²) in [6.45, 7) is 3.99. The molecule has 2 aromatic rings. The van der Waals surface area contributed by atoms with Gasteiger partial charge in [0.2, 0.25) is 35.4 Å². The van der Waals surface area contributed by atoms with Crippen LogP contribution in [0.1, 0.15) is 69.9 Å². The van der Waals surface area contributed by atoms with Gasteiger partial charge in [-0.25, -0.2) is 9.59 Å². The molecule has 7 atom stereocenters. The average Bonchev–Trinajstić information content (AvgIpc) is 4.07. The van der Waals surface area contributed by atoms with Crippen molar-refractivity contribution >= 4 is 47.4 Å². The van der Waals surface area contributed by atoms with E-state index in [0.29, 0.717) is 51.5 Å². The van der Waals surface area contributed by atoms with Gasteiger partial charge in [-0.05, 0) is 74.1 Å². The topological polar surface area (TPSA) is 269 Å². The van der Waals surface area contributed by atoms with Crippen LogP contribution in [0, 0.1) is 5.92 Å². The summed E-state index contributed by atoms with van der Waals surface area (Å²) < 4.78 is 31.7. The molecule has 5 rings (SSSR count). The Morgan fingerprint density at radius 3 is 1.73 bits per heavy atom. The Hall–Kier alpha value is -6.25. The van der Waals surface area contributed by atoms with Crippen molar-refractivity contribution < 1.29 is 66.8 Å². The lowest BCUT2D eigenvalue weighted by atomic mass is 9.99. The van der Waals surface area contributed by atoms with Crippen LogP contribution in [0.3, 0.4) is 0 Å². The minimum Gasteiger partial charge on any atom is -0.508 e. The SMILES string of the molecule is CCC(C)C(NC(=O)C1CCCN1C(=O)CNC(=O)C1CCCN1C(=O)C(Cc1ccccc1)NC(=O)C1CCCN1C(=O)C(N)Cc1ccc(O)cc1)C(=O)O.O=C(O)C(F)(F)F. The third kappa shape index (κ3) is 13.6. The summed E-state index contributed by atoms with van der Waals surface area (Å²) in [4.78, 5) is 107. The fourth-order valence-electron chi connectivity index (χ4n) is 7.96. The molecule has 3 aliphatic rings. The van der Waals surface area contributed by atoms with E-state index < -0.39 is 96.4 Å². The second kappa shape index (κ2) is 22.9. The van der Waals surface area contributed by atoms with Crippen LogP contribution in [0.25, 0.3) is 0 Å². The van der Waals surface area contributed by atoms with E-state index in [-0.39, 0.29) is 37.6 Å². The first-order valence-electron chi connectivity index (χ1n) is 21.1. The van der Waals surface area contributed by atoms with Gasteiger partial charge in [0.25, 0.3) is 0 Å². The van der Waals surface area contributed by atoms with E-state index in [2.05, 4.69) is 16.0 Å². The first-order chi connectivity index (χ1) is 30.2. The molecule has 2 aromatic carbocycles. The number of nitrogens with one attached hydrogen (secondary N) is 3. The summed E-state index contributed by atoms with van der Waals surface area (Å²) in [5, 5.41) is 34.5. The molecule has 7 unspecified atom stereocenters. The number of carbonyl (C=O) groups excluding carboxylic acids is 6. The number of amides is 6. The Kier molecular flexibility index (Phi) is 18.0. The molecular weight excluding hydrogens is 848 g/mol. The molecule has 0 bridgehead atoms. The molecule has 0 spiro atoms. The Bertz CT molecular complexity index is 1990. The van der Waals surface area contributed by atoms with Gasteiger partial charge in [-0.2, -0.15) is 13.2 Å². The fourth-order valence-corrected chi connectivity index (χ4v) is 7.96. The van der Waals surface area contributed by atoms with E-state index >= 15 is 0 Å². The molecule has 350 valence electrons. The van der Waals surface area contributed by atoms with Gasteiger partial charge in [0.05, 0.1) is 12.6 Å². The second-order valence-electron chi connectivity index (χ2n) is 16.1. The maximum atomic E-state index is 14.3. The fraction of sp³-hybridized carbons (Fsp3) is 0.535. The van der Waals surface area contributed by atoms with Crippen LogP contribution < -0.4 is 21.7 Å². The molecule has 8 N–H and O–H groups in total. The Labute approximate surface area is 367 Å². The van der Waals surface area contributed by atoms with Crippen LogP contribution in [0.2, 0.25) is 0 Å². The highest BCUT2D eigenvalue weighted by atomic mass is 19.4. The lowest BCUT2D eigenvalue weighted by Crippen LogP contribution is -2.58. The third-order valence-corrected chi connectivity index (χ3v) is 11.6. The standard InChI is InChI=1S/C41H55N7O9.C2HF3O2/c1-3-25(2)35(41(56)57)45-38(53)32-13-7-19-46(32)34(50)24-43-36(51)31-12-8-21-48(31)40(55)30(23-26-10-5-4-6-11-26)44-37(52)33-14-9-20-47(33)39(54)29(42)22-27-15-17-28(49)18-16-27;3-2(4,5)1(6)7/h4-6,10-11,15-18,25,29-33,35,49H,3,7-9,12-14,19-24,42H2,1-2H3,(H,43,51)(H,44,52)(H,45,53)(H,56,57);(H,6,7). The molecule has 6 amide bonds. The number of aliphatic carboxylic acids is 2. The Morgan fingerprint density at radius 1 is 0.719 bits per heavy atom. The van der Waals surface area contributed by atoms with Crippen molar-refractivity contribution in [3.8, 4) is 5.75 Å². The van der Waals surface area contributed by atoms with E-state index in [4.69, 9.17) is 15.6 Å². The molecule has 0 aromatic heterocycles. The van der Waals surface area contributed by atoms with Gasteiger partial charge >= 0.3 is 18.1 Å². The van der Waals surface area contributed by atoms with Crippen LogP contribution in [0.15, 0.2) is 54.6 Å². The highest BCUT2D eigenvalue weighted by Crippen LogP contribution is 2.24. The van der Waals surface area contributed by atoms with Gasteiger partial charge in [0.15, 0.2) is 0 Å². The largest absolute Gasteiger partial charge is 0.508 e. The summed E-state index contributed by atoms with van der Waals surface area (Å²) >= 11 is 0. The zero-order valence-electron chi connectivity index (χ0n) is 35.6. The number of phenols is 1. The first kappa shape index (κ1) is 50.4. The predicted octanol–water partition coefficient (Wildman–Crippen LogP) is 1.33. The summed E-state index contributed by atoms with van der Waals surface area (Å²) in [6.07, 6.45) is -1.49. The van der Waals surface area contributed by atoms with Gasteiger partial charge in [-0.1, -0.05) is 62.7 Å². The maximum Gasteiger partial charge on any atom is 0.490 e. The number of aromatic hydroxyl groups is 1. The second-order valence-corrected chi connectivity index (χ2v) is 16.1. The van der Waals surface area contributed by atoms with Crippen molar-refractivity contribution in [3.05, 3.63) is 65.7 Å². The molecular formula is C43H56F3N7O11. The maximum absolute atomic E-state index is 14.3. The number of alkyl halides is 3. The normalized spacial score (nSPS) is 20.2. The van der Waals surface area contributed by atoms with Crippen molar-refractivity contribution in [2.24, 2.45) is 11.7 Å². The smallest absolute Gasteiger partial charge is 0.490 e. The number of carboxylic acids is 2. The van der Waals surface area contributed by atoms with Crippen molar-refractivity contribution in [3.63, 3.8) is 0 Å². The van der Waals surface area contributed by atoms with Gasteiger partial charge in [-0.3, -0.25) is 28.8 Å². The van der Waals surface area contributed by atoms with Gasteiger partial charge in [0, 0.05) is 26.1 Å². The number of carboxylic acid groups (broad SMARTS) is 2. The van der Waals surface area contributed by atoms with Gasteiger partial charge in [-0.15, -0.1) is 0 Å². The van der Waals surface area contributed by atoms with Crippen molar-refractivity contribution in [2.75, 3.05) is 26.2 Å². The minimum atomic E-state index is -5.08. The quantitative estimate of drug-likeness (QED) is 0.126. The zero-order chi connectivity index (χ0) is 47.3. The van der Waals surface area contributed by atoms with Crippen molar-refractivity contribution in [1.29, 1.82) is 0 Å². The molecule has 0 saturated carbocycles. The average molecular weight is 904 g/mol. The van der Waals surface area contributed by atoms with Gasteiger partial charge in [0.1, 0.15) is 36.0 Å². The summed E-state index contributed by atoms with van der Waals surface area (Å²) in [5.41, 5.74) is 7.84. The number of hydrogen-bond acceptors (Lipinski definition) is 10. The molecule has 64 heavy (non-hydrogen) atoms. The van der Waals surface area contributed by atoms with E-state index in [1.54, 1.807) is 19.1 Å². The number of benzene rings is 2. The molecule has 3 aliphatic heterocycles. The molecule has 18 nitrogen and oxygen atoms in total. The minimum absolute atomic E-state index is 0.0934. The lowest BCUT2D eigenvalue weighted by molar-refractivity contribution is -0.192. The third-order valence-electron chi connectivity index (χ3n) is 11.6. The molecule has 3 fully saturated rings. The van der Waals surface area contributed by atoms with Crippen molar-refractivity contribution in [2.45, 2.75) is 114 Å². The highest BCUT2D eigenvalue weighted by Gasteiger charge is 2.42. The van der Waals surface area contributed by atoms with Crippen LogP contribution in [-0.4, -0.2) is 146 Å². The molecule has 3 saturated heterocycles. The highest BCUT2D eigenvalue weighted by molar-refractivity contribution is 5.97. The predicted molar refractivity (Wildman–Crippen MR) is 222 cm³/mol.